The number of ketones is 1. The number of ether oxygens (including phenoxy) is 1. The Labute approximate surface area is 249 Å². The molecule has 3 atom stereocenters. The topological polar surface area (TPSA) is 96.4 Å². The van der Waals surface area contributed by atoms with Crippen molar-refractivity contribution in [3.63, 3.8) is 0 Å². The molecule has 2 aromatic rings. The van der Waals surface area contributed by atoms with Crippen LogP contribution in [0.15, 0.2) is 28.7 Å². The summed E-state index contributed by atoms with van der Waals surface area (Å²) in [6, 6.07) is 6.09. The number of alkyl halides is 10. The highest BCUT2D eigenvalue weighted by atomic mass is 19.4. The molecular weight excluding hydrogens is 632 g/mol. The molecule has 0 radical (unpaired) electrons. The third-order valence-electron chi connectivity index (χ3n) is 7.67. The predicted octanol–water partition coefficient (Wildman–Crippen LogP) is 7.04. The standard InChI is InChI=1S/C28H25F10N3O4/c29-25(30)6-5-18(19(13-25)20(42)11-15(14-39)12-26(31,32)33)22-21(40-24(45-22)27(34,35)28(36,37)38)16-1-3-17(4-2-16)23(43)41-7-9-44-10-8-41/h1-4,15,18-19H,5-13H2/t15?,18-,19-/m1/s1. The number of hydrogen-bond donors (Lipinski definition) is 0. The molecule has 17 heteroatoms. The minimum atomic E-state index is -6.19. The molecule has 1 aromatic carbocycles. The largest absolute Gasteiger partial charge is 0.463 e. The van der Waals surface area contributed by atoms with Crippen molar-refractivity contribution in [1.82, 2.24) is 9.88 Å². The van der Waals surface area contributed by atoms with Crippen LogP contribution in [0.2, 0.25) is 0 Å². The van der Waals surface area contributed by atoms with Gasteiger partial charge in [0.25, 0.3) is 11.8 Å². The van der Waals surface area contributed by atoms with Crippen LogP contribution in [0.25, 0.3) is 11.3 Å². The molecule has 2 fully saturated rings. The van der Waals surface area contributed by atoms with E-state index in [1.165, 1.54) is 23.1 Å². The number of rotatable bonds is 8. The van der Waals surface area contributed by atoms with Crippen molar-refractivity contribution in [2.45, 2.75) is 62.2 Å². The molecule has 45 heavy (non-hydrogen) atoms. The minimum Gasteiger partial charge on any atom is -0.439 e. The van der Waals surface area contributed by atoms with Gasteiger partial charge < -0.3 is 14.1 Å². The minimum absolute atomic E-state index is 0.115. The van der Waals surface area contributed by atoms with Gasteiger partial charge in [0.15, 0.2) is 0 Å². The highest BCUT2D eigenvalue weighted by Crippen LogP contribution is 2.51. The maximum atomic E-state index is 14.5. The molecule has 0 spiro atoms. The Bertz CT molecular complexity index is 1420. The van der Waals surface area contributed by atoms with E-state index in [0.717, 1.165) is 12.1 Å². The molecular formula is C28H25F10N3O4. The Morgan fingerprint density at radius 2 is 1.67 bits per heavy atom. The summed E-state index contributed by atoms with van der Waals surface area (Å²) in [7, 11) is 0. The number of benzene rings is 1. The second-order valence-electron chi connectivity index (χ2n) is 10.9. The first-order chi connectivity index (χ1) is 20.8. The van der Waals surface area contributed by atoms with E-state index >= 15 is 0 Å². The van der Waals surface area contributed by atoms with Crippen molar-refractivity contribution >= 4 is 11.7 Å². The van der Waals surface area contributed by atoms with Crippen molar-refractivity contribution in [3.8, 4) is 17.3 Å². The fourth-order valence-corrected chi connectivity index (χ4v) is 5.39. The summed E-state index contributed by atoms with van der Waals surface area (Å²) >= 11 is 0. The lowest BCUT2D eigenvalue weighted by Gasteiger charge is -2.34. The average Bonchev–Trinajstić information content (AvgIpc) is 3.41. The van der Waals surface area contributed by atoms with Gasteiger partial charge >= 0.3 is 18.3 Å². The maximum Gasteiger partial charge on any atom is 0.463 e. The lowest BCUT2D eigenvalue weighted by molar-refractivity contribution is -0.297. The van der Waals surface area contributed by atoms with Gasteiger partial charge in [-0.3, -0.25) is 9.59 Å². The first kappa shape index (κ1) is 34.2. The lowest BCUT2D eigenvalue weighted by Crippen LogP contribution is -2.40. The van der Waals surface area contributed by atoms with Crippen LogP contribution in [0.4, 0.5) is 43.9 Å². The van der Waals surface area contributed by atoms with E-state index < -0.39 is 103 Å². The number of oxazole rings is 1. The van der Waals surface area contributed by atoms with Gasteiger partial charge in [0, 0.05) is 55.3 Å². The molecule has 1 aliphatic heterocycles. The summed E-state index contributed by atoms with van der Waals surface area (Å²) in [6.07, 6.45) is -16.8. The zero-order chi connectivity index (χ0) is 33.4. The molecule has 1 aromatic heterocycles. The Morgan fingerprint density at radius 3 is 2.22 bits per heavy atom. The van der Waals surface area contributed by atoms with Crippen LogP contribution >= 0.6 is 0 Å². The molecule has 0 bridgehead atoms. The molecule has 1 saturated carbocycles. The van der Waals surface area contributed by atoms with E-state index in [4.69, 9.17) is 14.4 Å². The van der Waals surface area contributed by atoms with Gasteiger partial charge in [-0.25, -0.2) is 13.8 Å². The number of Topliss-reactive ketones (excluding diaryl/α,β-unsaturated/α-hetero) is 1. The molecule has 2 heterocycles. The van der Waals surface area contributed by atoms with E-state index in [1.807, 2.05) is 0 Å². The van der Waals surface area contributed by atoms with Gasteiger partial charge in [0.05, 0.1) is 31.6 Å². The van der Waals surface area contributed by atoms with Crippen LogP contribution in [0, 0.1) is 23.2 Å². The molecule has 0 N–H and O–H groups in total. The fourth-order valence-electron chi connectivity index (χ4n) is 5.39. The lowest BCUT2D eigenvalue weighted by atomic mass is 9.72. The van der Waals surface area contributed by atoms with Gasteiger partial charge in [0.2, 0.25) is 5.92 Å². The summed E-state index contributed by atoms with van der Waals surface area (Å²) in [5.74, 6) is -19.2. The summed E-state index contributed by atoms with van der Waals surface area (Å²) in [4.78, 5) is 30.7. The fraction of sp³-hybridized carbons (Fsp3) is 0.571. The number of halogens is 10. The Balaban J connectivity index is 1.75. The number of amides is 1. The van der Waals surface area contributed by atoms with Gasteiger partial charge in [-0.05, 0) is 18.6 Å². The van der Waals surface area contributed by atoms with Crippen molar-refractivity contribution in [3.05, 3.63) is 41.5 Å². The van der Waals surface area contributed by atoms with Gasteiger partial charge in [-0.1, -0.05) is 12.1 Å². The number of carbonyl (C=O) groups excluding carboxylic acids is 2. The highest BCUT2D eigenvalue weighted by Gasteiger charge is 2.63. The summed E-state index contributed by atoms with van der Waals surface area (Å²) in [5.41, 5.74) is -0.699. The second kappa shape index (κ2) is 12.6. The van der Waals surface area contributed by atoms with Gasteiger partial charge in [0.1, 0.15) is 17.2 Å². The quantitative estimate of drug-likeness (QED) is 0.283. The summed E-state index contributed by atoms with van der Waals surface area (Å²) in [5, 5.41) is 9.13. The monoisotopic (exact) mass is 657 g/mol. The molecule has 246 valence electrons. The molecule has 1 unspecified atom stereocenters. The van der Waals surface area contributed by atoms with Crippen molar-refractivity contribution in [2.24, 2.45) is 11.8 Å². The Kier molecular flexibility index (Phi) is 9.58. The van der Waals surface area contributed by atoms with Crippen LogP contribution < -0.4 is 0 Å². The Morgan fingerprint density at radius 1 is 1.04 bits per heavy atom. The number of carbonyl (C=O) groups is 2. The number of morpholine rings is 1. The van der Waals surface area contributed by atoms with E-state index in [0.29, 0.717) is 0 Å². The van der Waals surface area contributed by atoms with Crippen molar-refractivity contribution in [2.75, 3.05) is 26.3 Å². The molecule has 2 aliphatic rings. The third-order valence-corrected chi connectivity index (χ3v) is 7.67. The van der Waals surface area contributed by atoms with E-state index in [-0.39, 0.29) is 37.4 Å². The normalized spacial score (nSPS) is 21.7. The first-order valence-electron chi connectivity index (χ1n) is 13.6. The number of aromatic nitrogens is 1. The summed E-state index contributed by atoms with van der Waals surface area (Å²) < 4.78 is 146. The number of nitrogens with zero attached hydrogens (tertiary/aromatic N) is 3. The van der Waals surface area contributed by atoms with E-state index in [2.05, 4.69) is 4.98 Å². The third kappa shape index (κ3) is 7.77. The van der Waals surface area contributed by atoms with Crippen LogP contribution in [0.5, 0.6) is 0 Å². The molecule has 1 aliphatic carbocycles. The first-order valence-corrected chi connectivity index (χ1v) is 13.6. The van der Waals surface area contributed by atoms with Gasteiger partial charge in [-0.15, -0.1) is 0 Å². The molecule has 1 amide bonds. The SMILES string of the molecule is N#CC(CC(=O)[C@@H]1CC(F)(F)CC[C@H]1c1oc(C(F)(F)C(F)(F)F)nc1-c1ccc(C(=O)N2CCOCC2)cc1)CC(F)(F)F. The zero-order valence-electron chi connectivity index (χ0n) is 23.2. The predicted molar refractivity (Wildman–Crippen MR) is 133 cm³/mol. The Hall–Kier alpha value is -3.68. The molecule has 7 nitrogen and oxygen atoms in total. The van der Waals surface area contributed by atoms with Crippen LogP contribution in [0.1, 0.15) is 60.0 Å². The zero-order valence-corrected chi connectivity index (χ0v) is 23.2. The van der Waals surface area contributed by atoms with Crippen LogP contribution in [0.3, 0.4) is 0 Å². The van der Waals surface area contributed by atoms with Crippen LogP contribution in [-0.4, -0.2) is 66.2 Å². The van der Waals surface area contributed by atoms with Crippen LogP contribution in [-0.2, 0) is 15.5 Å². The van der Waals surface area contributed by atoms with Gasteiger partial charge in [-0.2, -0.15) is 40.4 Å². The molecule has 4 rings (SSSR count). The number of hydrogen-bond acceptors (Lipinski definition) is 6. The van der Waals surface area contributed by atoms with E-state index in [1.54, 1.807) is 0 Å². The van der Waals surface area contributed by atoms with E-state index in [9.17, 15) is 53.5 Å². The number of nitriles is 1. The van der Waals surface area contributed by atoms with Crippen molar-refractivity contribution in [1.29, 1.82) is 5.26 Å². The maximum absolute atomic E-state index is 14.5. The second-order valence-corrected chi connectivity index (χ2v) is 10.9. The van der Waals surface area contributed by atoms with Crippen molar-refractivity contribution < 1.29 is 62.6 Å². The summed E-state index contributed by atoms with van der Waals surface area (Å²) in [6.45, 7) is 1.13. The highest BCUT2D eigenvalue weighted by molar-refractivity contribution is 5.94. The molecule has 1 saturated heterocycles. The average molecular weight is 658 g/mol. The smallest absolute Gasteiger partial charge is 0.439 e.